The highest BCUT2D eigenvalue weighted by Crippen LogP contribution is 2.07. The van der Waals surface area contributed by atoms with E-state index < -0.39 is 17.4 Å². The summed E-state index contributed by atoms with van der Waals surface area (Å²) in [5.74, 6) is -1.49. The lowest BCUT2D eigenvalue weighted by atomic mass is 10.1. The smallest absolute Gasteiger partial charge is 0.309 e. The van der Waals surface area contributed by atoms with Gasteiger partial charge in [-0.15, -0.1) is 11.3 Å². The fourth-order valence-electron chi connectivity index (χ4n) is 1.37. The highest BCUT2D eigenvalue weighted by atomic mass is 32.1. The molecule has 0 radical (unpaired) electrons. The molecule has 1 aromatic heterocycles. The van der Waals surface area contributed by atoms with Crippen LogP contribution in [0.15, 0.2) is 17.5 Å². The molecular formula is C12H18N2O4S. The number of rotatable bonds is 6. The number of nitrogens with one attached hydrogen (secondary N) is 2. The summed E-state index contributed by atoms with van der Waals surface area (Å²) in [5.41, 5.74) is -1.20. The third-order valence-corrected chi connectivity index (χ3v) is 3.17. The number of thiophene rings is 1. The molecule has 0 aromatic carbocycles. The molecule has 1 atom stereocenters. The van der Waals surface area contributed by atoms with Crippen LogP contribution in [0.1, 0.15) is 11.8 Å². The van der Waals surface area contributed by atoms with Gasteiger partial charge in [-0.2, -0.15) is 0 Å². The summed E-state index contributed by atoms with van der Waals surface area (Å²) in [6, 6.07) is 3.74. The van der Waals surface area contributed by atoms with E-state index in [1.54, 1.807) is 0 Å². The summed E-state index contributed by atoms with van der Waals surface area (Å²) < 4.78 is 4.80. The summed E-state index contributed by atoms with van der Waals surface area (Å²) in [6.07, 6.45) is 0. The molecule has 6 nitrogen and oxygen atoms in total. The number of hydrogen-bond donors (Lipinski definition) is 3. The van der Waals surface area contributed by atoms with Gasteiger partial charge in [-0.25, -0.2) is 0 Å². The molecule has 2 amide bonds. The van der Waals surface area contributed by atoms with E-state index in [2.05, 4.69) is 10.6 Å². The maximum atomic E-state index is 11.5. The minimum atomic E-state index is -1.20. The first-order valence-electron chi connectivity index (χ1n) is 5.74. The van der Waals surface area contributed by atoms with Crippen molar-refractivity contribution in [2.24, 2.45) is 0 Å². The van der Waals surface area contributed by atoms with E-state index in [0.717, 1.165) is 4.88 Å². The SMILES string of the molecule is COCC(C)(O)CNC(=O)C(=O)NCc1cccs1. The molecule has 7 heteroatoms. The number of aliphatic hydroxyl groups is 1. The summed E-state index contributed by atoms with van der Waals surface area (Å²) in [5, 5.41) is 16.5. The molecule has 1 aromatic rings. The van der Waals surface area contributed by atoms with Gasteiger partial charge in [-0.3, -0.25) is 9.59 Å². The maximum absolute atomic E-state index is 11.5. The summed E-state index contributed by atoms with van der Waals surface area (Å²) in [7, 11) is 1.45. The van der Waals surface area contributed by atoms with Gasteiger partial charge in [-0.1, -0.05) is 6.07 Å². The van der Waals surface area contributed by atoms with Gasteiger partial charge < -0.3 is 20.5 Å². The van der Waals surface area contributed by atoms with Crippen LogP contribution in [0.4, 0.5) is 0 Å². The van der Waals surface area contributed by atoms with Gasteiger partial charge in [0.1, 0.15) is 5.60 Å². The zero-order valence-corrected chi connectivity index (χ0v) is 11.8. The fraction of sp³-hybridized carbons (Fsp3) is 0.500. The standard InChI is InChI=1S/C12H18N2O4S/c1-12(17,8-18-2)7-14-11(16)10(15)13-6-9-4-3-5-19-9/h3-5,17H,6-8H2,1-2H3,(H,13,15)(H,14,16). The molecular weight excluding hydrogens is 268 g/mol. The minimum Gasteiger partial charge on any atom is -0.386 e. The molecule has 0 aliphatic heterocycles. The summed E-state index contributed by atoms with van der Waals surface area (Å²) >= 11 is 1.50. The van der Waals surface area contributed by atoms with Crippen molar-refractivity contribution in [3.63, 3.8) is 0 Å². The molecule has 1 heterocycles. The average molecular weight is 286 g/mol. The van der Waals surface area contributed by atoms with E-state index in [1.807, 2.05) is 17.5 Å². The molecule has 3 N–H and O–H groups in total. The van der Waals surface area contributed by atoms with Crippen LogP contribution < -0.4 is 10.6 Å². The first-order valence-corrected chi connectivity index (χ1v) is 6.62. The van der Waals surface area contributed by atoms with E-state index in [1.165, 1.54) is 25.4 Å². The van der Waals surface area contributed by atoms with Crippen LogP contribution in [0.25, 0.3) is 0 Å². The molecule has 0 saturated carbocycles. The number of carbonyl (C=O) groups is 2. The first-order chi connectivity index (χ1) is 8.94. The second kappa shape index (κ2) is 7.22. The minimum absolute atomic E-state index is 0.0495. The van der Waals surface area contributed by atoms with Gasteiger partial charge in [0.25, 0.3) is 0 Å². The predicted octanol–water partition coefficient (Wildman–Crippen LogP) is -0.122. The van der Waals surface area contributed by atoms with Crippen molar-refractivity contribution < 1.29 is 19.4 Å². The van der Waals surface area contributed by atoms with Gasteiger partial charge in [0.2, 0.25) is 0 Å². The van der Waals surface area contributed by atoms with Crippen molar-refractivity contribution in [3.8, 4) is 0 Å². The van der Waals surface area contributed by atoms with Crippen LogP contribution in [-0.2, 0) is 20.9 Å². The summed E-state index contributed by atoms with van der Waals surface area (Å²) in [4.78, 5) is 23.9. The summed E-state index contributed by atoms with van der Waals surface area (Å²) in [6.45, 7) is 1.86. The highest BCUT2D eigenvalue weighted by Gasteiger charge is 2.23. The Hall–Kier alpha value is -1.44. The second-order valence-electron chi connectivity index (χ2n) is 4.37. The molecule has 0 bridgehead atoms. The van der Waals surface area contributed by atoms with E-state index in [-0.39, 0.29) is 13.2 Å². The molecule has 1 unspecified atom stereocenters. The van der Waals surface area contributed by atoms with Crippen LogP contribution in [0.5, 0.6) is 0 Å². The van der Waals surface area contributed by atoms with Crippen molar-refractivity contribution in [1.29, 1.82) is 0 Å². The molecule has 0 fully saturated rings. The lowest BCUT2D eigenvalue weighted by Crippen LogP contribution is -2.48. The van der Waals surface area contributed by atoms with Gasteiger partial charge in [0, 0.05) is 18.5 Å². The lowest BCUT2D eigenvalue weighted by Gasteiger charge is -2.22. The van der Waals surface area contributed by atoms with Crippen molar-refractivity contribution in [3.05, 3.63) is 22.4 Å². The molecule has 106 valence electrons. The third-order valence-electron chi connectivity index (χ3n) is 2.29. The van der Waals surface area contributed by atoms with Crippen molar-refractivity contribution in [2.75, 3.05) is 20.3 Å². The van der Waals surface area contributed by atoms with Gasteiger partial charge in [0.15, 0.2) is 0 Å². The molecule has 1 rings (SSSR count). The number of carbonyl (C=O) groups excluding carboxylic acids is 2. The highest BCUT2D eigenvalue weighted by molar-refractivity contribution is 7.09. The number of ether oxygens (including phenoxy) is 1. The molecule has 19 heavy (non-hydrogen) atoms. The largest absolute Gasteiger partial charge is 0.386 e. The Kier molecular flexibility index (Phi) is 5.94. The lowest BCUT2D eigenvalue weighted by molar-refractivity contribution is -0.140. The van der Waals surface area contributed by atoms with E-state index in [4.69, 9.17) is 4.74 Å². The van der Waals surface area contributed by atoms with Crippen molar-refractivity contribution >= 4 is 23.2 Å². The Morgan fingerprint density at radius 2 is 2.11 bits per heavy atom. The normalized spacial score (nSPS) is 13.6. The predicted molar refractivity (Wildman–Crippen MR) is 71.7 cm³/mol. The van der Waals surface area contributed by atoms with Gasteiger partial charge >= 0.3 is 11.8 Å². The van der Waals surface area contributed by atoms with Crippen LogP contribution >= 0.6 is 11.3 Å². The molecule has 0 saturated heterocycles. The van der Waals surface area contributed by atoms with Crippen molar-refractivity contribution in [1.82, 2.24) is 10.6 Å². The monoisotopic (exact) mass is 286 g/mol. The maximum Gasteiger partial charge on any atom is 0.309 e. The van der Waals surface area contributed by atoms with Crippen LogP contribution in [0, 0.1) is 0 Å². The quantitative estimate of drug-likeness (QED) is 0.636. The first kappa shape index (κ1) is 15.6. The second-order valence-corrected chi connectivity index (χ2v) is 5.41. The van der Waals surface area contributed by atoms with Crippen molar-refractivity contribution in [2.45, 2.75) is 19.1 Å². The van der Waals surface area contributed by atoms with E-state index in [9.17, 15) is 14.7 Å². The van der Waals surface area contributed by atoms with Crippen LogP contribution in [-0.4, -0.2) is 42.8 Å². The zero-order valence-electron chi connectivity index (χ0n) is 10.9. The Bertz CT molecular complexity index is 417. The Balaban J connectivity index is 2.31. The Labute approximate surface area is 115 Å². The third kappa shape index (κ3) is 5.82. The van der Waals surface area contributed by atoms with Crippen LogP contribution in [0.2, 0.25) is 0 Å². The zero-order chi connectivity index (χ0) is 14.3. The number of amides is 2. The number of methoxy groups -OCH3 is 1. The average Bonchev–Trinajstić information content (AvgIpc) is 2.86. The Morgan fingerprint density at radius 1 is 1.42 bits per heavy atom. The van der Waals surface area contributed by atoms with Gasteiger partial charge in [-0.05, 0) is 18.4 Å². The molecule has 0 spiro atoms. The number of hydrogen-bond acceptors (Lipinski definition) is 5. The van der Waals surface area contributed by atoms with Gasteiger partial charge in [0.05, 0.1) is 13.2 Å². The van der Waals surface area contributed by atoms with E-state index >= 15 is 0 Å². The fourth-order valence-corrected chi connectivity index (χ4v) is 2.02. The Morgan fingerprint density at radius 3 is 2.68 bits per heavy atom. The molecule has 0 aliphatic carbocycles. The van der Waals surface area contributed by atoms with Crippen LogP contribution in [0.3, 0.4) is 0 Å². The molecule has 0 aliphatic rings. The van der Waals surface area contributed by atoms with E-state index in [0.29, 0.717) is 6.54 Å². The topological polar surface area (TPSA) is 87.7 Å².